The highest BCUT2D eigenvalue weighted by molar-refractivity contribution is 9.10. The molecule has 0 heterocycles. The molecule has 0 aliphatic rings. The van der Waals surface area contributed by atoms with Crippen LogP contribution < -0.4 is 11.1 Å². The zero-order valence-corrected chi connectivity index (χ0v) is 11.4. The Morgan fingerprint density at radius 3 is 2.88 bits per heavy atom. The Kier molecular flexibility index (Phi) is 6.06. The predicted octanol–water partition coefficient (Wildman–Crippen LogP) is 3.27. The molecule has 0 aliphatic heterocycles. The van der Waals surface area contributed by atoms with Gasteiger partial charge in [0.15, 0.2) is 0 Å². The van der Waals surface area contributed by atoms with Crippen molar-refractivity contribution >= 4 is 27.5 Å². The molecule has 0 saturated heterocycles. The summed E-state index contributed by atoms with van der Waals surface area (Å²) in [6, 6.07) is 6.03. The van der Waals surface area contributed by atoms with Gasteiger partial charge in [0.1, 0.15) is 0 Å². The molecule has 0 saturated carbocycles. The van der Waals surface area contributed by atoms with Gasteiger partial charge in [-0.3, -0.25) is 0 Å². The van der Waals surface area contributed by atoms with Crippen LogP contribution in [0.3, 0.4) is 0 Å². The van der Waals surface area contributed by atoms with Gasteiger partial charge in [0, 0.05) is 17.1 Å². The van der Waals surface area contributed by atoms with Crippen LogP contribution >= 0.6 is 27.5 Å². The lowest BCUT2D eigenvalue weighted by atomic mass is 10.1. The van der Waals surface area contributed by atoms with E-state index in [4.69, 9.17) is 17.3 Å². The standard InChI is InChI=1S/C12H16BrClN2/c1-2-3-6-16-12(8-15)9-4-5-11(14)10(13)7-9/h2,4-5,7,12,16H,1,3,6,8,15H2. The minimum Gasteiger partial charge on any atom is -0.329 e. The number of hydrogen-bond donors (Lipinski definition) is 2. The molecule has 1 atom stereocenters. The summed E-state index contributed by atoms with van der Waals surface area (Å²) >= 11 is 9.35. The van der Waals surface area contributed by atoms with Gasteiger partial charge in [0.05, 0.1) is 5.02 Å². The van der Waals surface area contributed by atoms with E-state index in [1.54, 1.807) is 0 Å². The fourth-order valence-electron chi connectivity index (χ4n) is 1.43. The third-order valence-corrected chi connectivity index (χ3v) is 3.53. The summed E-state index contributed by atoms with van der Waals surface area (Å²) in [7, 11) is 0. The van der Waals surface area contributed by atoms with Crippen molar-refractivity contribution in [3.05, 3.63) is 45.9 Å². The maximum Gasteiger partial charge on any atom is 0.0548 e. The average Bonchev–Trinajstić information content (AvgIpc) is 2.29. The molecule has 1 unspecified atom stereocenters. The van der Waals surface area contributed by atoms with Gasteiger partial charge >= 0.3 is 0 Å². The van der Waals surface area contributed by atoms with Gasteiger partial charge in [-0.05, 0) is 46.6 Å². The topological polar surface area (TPSA) is 38.0 Å². The van der Waals surface area contributed by atoms with Crippen molar-refractivity contribution in [2.45, 2.75) is 12.5 Å². The van der Waals surface area contributed by atoms with Crippen molar-refractivity contribution in [1.82, 2.24) is 5.32 Å². The van der Waals surface area contributed by atoms with Gasteiger partial charge in [-0.15, -0.1) is 6.58 Å². The molecular formula is C12H16BrClN2. The molecule has 0 bridgehead atoms. The van der Waals surface area contributed by atoms with E-state index in [0.29, 0.717) is 11.6 Å². The number of hydrogen-bond acceptors (Lipinski definition) is 2. The summed E-state index contributed by atoms with van der Waals surface area (Å²) in [5, 5.41) is 4.09. The van der Waals surface area contributed by atoms with E-state index in [1.165, 1.54) is 0 Å². The molecule has 2 nitrogen and oxygen atoms in total. The Labute approximate surface area is 110 Å². The third kappa shape index (κ3) is 3.91. The van der Waals surface area contributed by atoms with E-state index in [9.17, 15) is 0 Å². The van der Waals surface area contributed by atoms with Gasteiger partial charge in [0.2, 0.25) is 0 Å². The monoisotopic (exact) mass is 302 g/mol. The van der Waals surface area contributed by atoms with Crippen molar-refractivity contribution < 1.29 is 0 Å². The Morgan fingerprint density at radius 2 is 2.31 bits per heavy atom. The first-order valence-corrected chi connectivity index (χ1v) is 6.35. The summed E-state index contributed by atoms with van der Waals surface area (Å²) in [6.45, 7) is 5.13. The van der Waals surface area contributed by atoms with Crippen LogP contribution in [0.4, 0.5) is 0 Å². The zero-order chi connectivity index (χ0) is 12.0. The lowest BCUT2D eigenvalue weighted by Crippen LogP contribution is -2.28. The van der Waals surface area contributed by atoms with E-state index in [-0.39, 0.29) is 6.04 Å². The highest BCUT2D eigenvalue weighted by atomic mass is 79.9. The van der Waals surface area contributed by atoms with Crippen molar-refractivity contribution in [1.29, 1.82) is 0 Å². The second kappa shape index (κ2) is 7.07. The molecule has 0 fully saturated rings. The minimum absolute atomic E-state index is 0.161. The van der Waals surface area contributed by atoms with Crippen LogP contribution in [0, 0.1) is 0 Å². The Balaban J connectivity index is 2.70. The van der Waals surface area contributed by atoms with Crippen LogP contribution in [-0.4, -0.2) is 13.1 Å². The van der Waals surface area contributed by atoms with Crippen molar-refractivity contribution in [3.63, 3.8) is 0 Å². The Bertz CT molecular complexity index is 355. The molecule has 4 heteroatoms. The van der Waals surface area contributed by atoms with Crippen LogP contribution in [0.15, 0.2) is 35.3 Å². The number of nitrogens with two attached hydrogens (primary N) is 1. The van der Waals surface area contributed by atoms with Crippen LogP contribution in [0.1, 0.15) is 18.0 Å². The Hall–Kier alpha value is -0.350. The largest absolute Gasteiger partial charge is 0.329 e. The van der Waals surface area contributed by atoms with E-state index >= 15 is 0 Å². The molecule has 3 N–H and O–H groups in total. The molecular weight excluding hydrogens is 288 g/mol. The highest BCUT2D eigenvalue weighted by Gasteiger charge is 2.09. The zero-order valence-electron chi connectivity index (χ0n) is 9.05. The Morgan fingerprint density at radius 1 is 1.56 bits per heavy atom. The van der Waals surface area contributed by atoms with E-state index in [1.807, 2.05) is 24.3 Å². The number of nitrogens with one attached hydrogen (secondary N) is 1. The molecule has 0 aromatic heterocycles. The predicted molar refractivity (Wildman–Crippen MR) is 73.8 cm³/mol. The van der Waals surface area contributed by atoms with Gasteiger partial charge in [-0.1, -0.05) is 23.7 Å². The lowest BCUT2D eigenvalue weighted by molar-refractivity contribution is 0.548. The van der Waals surface area contributed by atoms with E-state index in [0.717, 1.165) is 23.0 Å². The molecule has 0 aliphatic carbocycles. The van der Waals surface area contributed by atoms with Crippen molar-refractivity contribution in [2.24, 2.45) is 5.73 Å². The van der Waals surface area contributed by atoms with Crippen LogP contribution in [-0.2, 0) is 0 Å². The highest BCUT2D eigenvalue weighted by Crippen LogP contribution is 2.25. The van der Waals surface area contributed by atoms with E-state index in [2.05, 4.69) is 27.8 Å². The summed E-state index contributed by atoms with van der Waals surface area (Å²) in [5.74, 6) is 0. The van der Waals surface area contributed by atoms with E-state index < -0.39 is 0 Å². The SMILES string of the molecule is C=CCCNC(CN)c1ccc(Cl)c(Br)c1. The molecule has 0 spiro atoms. The summed E-state index contributed by atoms with van der Waals surface area (Å²) < 4.78 is 0.899. The fraction of sp³-hybridized carbons (Fsp3) is 0.333. The minimum atomic E-state index is 0.161. The van der Waals surface area contributed by atoms with Crippen LogP contribution in [0.25, 0.3) is 0 Å². The number of benzene rings is 1. The van der Waals surface area contributed by atoms with Crippen molar-refractivity contribution in [2.75, 3.05) is 13.1 Å². The van der Waals surface area contributed by atoms with Gasteiger partial charge in [0.25, 0.3) is 0 Å². The number of halogens is 2. The van der Waals surface area contributed by atoms with Crippen LogP contribution in [0.5, 0.6) is 0 Å². The molecule has 16 heavy (non-hydrogen) atoms. The third-order valence-electron chi connectivity index (χ3n) is 2.32. The van der Waals surface area contributed by atoms with Crippen LogP contribution in [0.2, 0.25) is 5.02 Å². The maximum absolute atomic E-state index is 5.94. The molecule has 1 rings (SSSR count). The molecule has 88 valence electrons. The summed E-state index contributed by atoms with van der Waals surface area (Å²) in [5.41, 5.74) is 6.88. The second-order valence-corrected chi connectivity index (χ2v) is 4.75. The average molecular weight is 304 g/mol. The first-order chi connectivity index (χ1) is 7.69. The van der Waals surface area contributed by atoms with Gasteiger partial charge in [-0.25, -0.2) is 0 Å². The first kappa shape index (κ1) is 13.7. The molecule has 0 radical (unpaired) electrons. The maximum atomic E-state index is 5.94. The molecule has 1 aromatic rings. The fourth-order valence-corrected chi connectivity index (χ4v) is 1.94. The number of rotatable bonds is 6. The quantitative estimate of drug-likeness (QED) is 0.625. The lowest BCUT2D eigenvalue weighted by Gasteiger charge is -2.17. The van der Waals surface area contributed by atoms with Crippen molar-refractivity contribution in [3.8, 4) is 0 Å². The summed E-state index contributed by atoms with van der Waals surface area (Å²) in [6.07, 6.45) is 2.82. The van der Waals surface area contributed by atoms with Gasteiger partial charge in [-0.2, -0.15) is 0 Å². The normalized spacial score (nSPS) is 12.4. The first-order valence-electron chi connectivity index (χ1n) is 5.18. The molecule has 0 amide bonds. The summed E-state index contributed by atoms with van der Waals surface area (Å²) in [4.78, 5) is 0. The smallest absolute Gasteiger partial charge is 0.0548 e. The second-order valence-electron chi connectivity index (χ2n) is 3.49. The molecule has 1 aromatic carbocycles. The van der Waals surface area contributed by atoms with Gasteiger partial charge < -0.3 is 11.1 Å².